The highest BCUT2D eigenvalue weighted by atomic mass is 19.4. The Morgan fingerprint density at radius 2 is 2.12 bits per heavy atom. The standard InChI is InChI=1S/C15H17F4N5O2/c1-9-21-22-23-24(9)12(7-10-4-3-5-11(16)6-10)14(25)20-8-13(26-2)15(17,18)19/h3-6,12-13H,7-8H2,1-2H3,(H,20,25). The van der Waals surface area contributed by atoms with Gasteiger partial charge in [-0.25, -0.2) is 9.07 Å². The molecule has 1 N–H and O–H groups in total. The summed E-state index contributed by atoms with van der Waals surface area (Å²) < 4.78 is 57.2. The van der Waals surface area contributed by atoms with Crippen molar-refractivity contribution < 1.29 is 27.1 Å². The molecule has 0 bridgehead atoms. The maximum atomic E-state index is 13.4. The Bertz CT molecular complexity index is 750. The average molecular weight is 375 g/mol. The Balaban J connectivity index is 2.18. The summed E-state index contributed by atoms with van der Waals surface area (Å²) in [5.41, 5.74) is 0.471. The largest absolute Gasteiger partial charge is 0.416 e. The number of benzene rings is 1. The lowest BCUT2D eigenvalue weighted by Gasteiger charge is -2.22. The zero-order valence-corrected chi connectivity index (χ0v) is 14.0. The highest BCUT2D eigenvalue weighted by molar-refractivity contribution is 5.80. The van der Waals surface area contributed by atoms with Crippen molar-refractivity contribution in [3.8, 4) is 0 Å². The summed E-state index contributed by atoms with van der Waals surface area (Å²) in [6.07, 6.45) is -6.76. The molecule has 0 aliphatic carbocycles. The van der Waals surface area contributed by atoms with Crippen molar-refractivity contribution in [1.82, 2.24) is 25.5 Å². The highest BCUT2D eigenvalue weighted by Gasteiger charge is 2.40. The molecule has 1 aromatic carbocycles. The van der Waals surface area contributed by atoms with Crippen molar-refractivity contribution in [2.45, 2.75) is 31.7 Å². The molecule has 2 aromatic rings. The first-order chi connectivity index (χ1) is 12.2. The van der Waals surface area contributed by atoms with E-state index < -0.39 is 36.6 Å². The van der Waals surface area contributed by atoms with E-state index in [0.717, 1.165) is 7.11 Å². The number of carbonyl (C=O) groups excluding carboxylic acids is 1. The molecule has 0 spiro atoms. The number of alkyl halides is 3. The van der Waals surface area contributed by atoms with Gasteiger partial charge in [-0.2, -0.15) is 13.2 Å². The van der Waals surface area contributed by atoms with Crippen LogP contribution in [0.3, 0.4) is 0 Å². The predicted molar refractivity (Wildman–Crippen MR) is 81.6 cm³/mol. The van der Waals surface area contributed by atoms with E-state index in [2.05, 4.69) is 25.6 Å². The van der Waals surface area contributed by atoms with Crippen molar-refractivity contribution in [2.24, 2.45) is 0 Å². The molecule has 0 saturated heterocycles. The van der Waals surface area contributed by atoms with Gasteiger partial charge in [0.25, 0.3) is 0 Å². The summed E-state index contributed by atoms with van der Waals surface area (Å²) in [5, 5.41) is 13.0. The molecule has 142 valence electrons. The number of amides is 1. The zero-order chi connectivity index (χ0) is 19.3. The minimum atomic E-state index is -4.62. The number of aryl methyl sites for hydroxylation is 1. The molecule has 0 saturated carbocycles. The van der Waals surface area contributed by atoms with Gasteiger partial charge in [0.2, 0.25) is 5.91 Å². The minimum Gasteiger partial charge on any atom is -0.370 e. The van der Waals surface area contributed by atoms with Gasteiger partial charge in [-0.3, -0.25) is 4.79 Å². The van der Waals surface area contributed by atoms with Gasteiger partial charge in [0.15, 0.2) is 6.10 Å². The smallest absolute Gasteiger partial charge is 0.370 e. The third-order valence-corrected chi connectivity index (χ3v) is 3.68. The molecule has 1 amide bonds. The van der Waals surface area contributed by atoms with Crippen LogP contribution in [0.5, 0.6) is 0 Å². The quantitative estimate of drug-likeness (QED) is 0.744. The molecule has 7 nitrogen and oxygen atoms in total. The number of hydrogen-bond acceptors (Lipinski definition) is 5. The summed E-state index contributed by atoms with van der Waals surface area (Å²) in [5.74, 6) is -0.941. The molecule has 1 heterocycles. The highest BCUT2D eigenvalue weighted by Crippen LogP contribution is 2.22. The molecule has 2 unspecified atom stereocenters. The molecule has 2 rings (SSSR count). The normalized spacial score (nSPS) is 14.1. The average Bonchev–Trinajstić information content (AvgIpc) is 2.97. The molecule has 26 heavy (non-hydrogen) atoms. The number of halogens is 4. The number of nitrogens with one attached hydrogen (secondary N) is 1. The van der Waals surface area contributed by atoms with Crippen LogP contribution in [0.2, 0.25) is 0 Å². The number of aromatic nitrogens is 4. The van der Waals surface area contributed by atoms with Gasteiger partial charge < -0.3 is 10.1 Å². The van der Waals surface area contributed by atoms with Crippen molar-refractivity contribution in [3.05, 3.63) is 41.5 Å². The molecular formula is C15H17F4N5O2. The number of nitrogens with zero attached hydrogens (tertiary/aromatic N) is 4. The van der Waals surface area contributed by atoms with Gasteiger partial charge >= 0.3 is 6.18 Å². The number of carbonyl (C=O) groups is 1. The lowest BCUT2D eigenvalue weighted by atomic mass is 10.0. The van der Waals surface area contributed by atoms with Gasteiger partial charge in [-0.1, -0.05) is 12.1 Å². The van der Waals surface area contributed by atoms with Crippen LogP contribution >= 0.6 is 0 Å². The van der Waals surface area contributed by atoms with Crippen LogP contribution in [0.25, 0.3) is 0 Å². The maximum absolute atomic E-state index is 13.4. The van der Waals surface area contributed by atoms with Gasteiger partial charge in [0.1, 0.15) is 17.7 Å². The van der Waals surface area contributed by atoms with Crippen molar-refractivity contribution >= 4 is 5.91 Å². The Labute approximate surface area is 146 Å². The first-order valence-electron chi connectivity index (χ1n) is 7.58. The fraction of sp³-hybridized carbons (Fsp3) is 0.467. The summed E-state index contributed by atoms with van der Waals surface area (Å²) in [6.45, 7) is 0.777. The maximum Gasteiger partial charge on any atom is 0.416 e. The van der Waals surface area contributed by atoms with Gasteiger partial charge in [-0.05, 0) is 35.0 Å². The predicted octanol–water partition coefficient (Wildman–Crippen LogP) is 1.60. The zero-order valence-electron chi connectivity index (χ0n) is 14.0. The van der Waals surface area contributed by atoms with E-state index in [4.69, 9.17) is 0 Å². The van der Waals surface area contributed by atoms with Crippen LogP contribution in [-0.4, -0.2) is 52.0 Å². The molecular weight excluding hydrogens is 358 g/mol. The second-order valence-corrected chi connectivity index (χ2v) is 5.53. The molecule has 11 heteroatoms. The fourth-order valence-corrected chi connectivity index (χ4v) is 2.35. The first-order valence-corrected chi connectivity index (χ1v) is 7.58. The van der Waals surface area contributed by atoms with Crippen LogP contribution in [0.15, 0.2) is 24.3 Å². The van der Waals surface area contributed by atoms with Crippen molar-refractivity contribution in [1.29, 1.82) is 0 Å². The summed E-state index contributed by atoms with van der Waals surface area (Å²) in [6, 6.07) is 4.49. The topological polar surface area (TPSA) is 81.9 Å². The number of rotatable bonds is 7. The van der Waals surface area contributed by atoms with Crippen molar-refractivity contribution in [2.75, 3.05) is 13.7 Å². The molecule has 2 atom stereocenters. The van der Waals surface area contributed by atoms with E-state index >= 15 is 0 Å². The third kappa shape index (κ3) is 4.97. The van der Waals surface area contributed by atoms with Crippen LogP contribution in [0, 0.1) is 12.7 Å². The molecule has 0 fully saturated rings. The molecule has 1 aromatic heterocycles. The fourth-order valence-electron chi connectivity index (χ4n) is 2.35. The van der Waals surface area contributed by atoms with Gasteiger partial charge in [-0.15, -0.1) is 5.10 Å². The lowest BCUT2D eigenvalue weighted by molar-refractivity contribution is -0.210. The van der Waals surface area contributed by atoms with Crippen LogP contribution < -0.4 is 5.32 Å². The van der Waals surface area contributed by atoms with Crippen LogP contribution in [0.4, 0.5) is 17.6 Å². The van der Waals surface area contributed by atoms with Crippen LogP contribution in [-0.2, 0) is 16.0 Å². The van der Waals surface area contributed by atoms with E-state index in [0.29, 0.717) is 11.4 Å². The molecule has 0 radical (unpaired) electrons. The Hall–Kier alpha value is -2.56. The monoisotopic (exact) mass is 375 g/mol. The minimum absolute atomic E-state index is 0.000853. The number of hydrogen-bond donors (Lipinski definition) is 1. The summed E-state index contributed by atoms with van der Waals surface area (Å²) in [4.78, 5) is 12.5. The SMILES string of the molecule is COC(CNC(=O)C(Cc1cccc(F)c1)n1nnnc1C)C(F)(F)F. The van der Waals surface area contributed by atoms with Gasteiger partial charge in [0.05, 0.1) is 6.54 Å². The van der Waals surface area contributed by atoms with E-state index in [-0.39, 0.29) is 6.42 Å². The lowest BCUT2D eigenvalue weighted by Crippen LogP contribution is -2.44. The van der Waals surface area contributed by atoms with Gasteiger partial charge in [0, 0.05) is 13.5 Å². The van der Waals surface area contributed by atoms with E-state index in [9.17, 15) is 22.4 Å². The Kier molecular flexibility index (Phi) is 6.24. The Morgan fingerprint density at radius 3 is 2.65 bits per heavy atom. The number of ether oxygens (including phenoxy) is 1. The summed E-state index contributed by atoms with van der Waals surface area (Å²) >= 11 is 0. The molecule has 0 aliphatic rings. The number of tetrazole rings is 1. The third-order valence-electron chi connectivity index (χ3n) is 3.68. The first kappa shape index (κ1) is 19.8. The Morgan fingerprint density at radius 1 is 1.38 bits per heavy atom. The van der Waals surface area contributed by atoms with Crippen molar-refractivity contribution in [3.63, 3.8) is 0 Å². The van der Waals surface area contributed by atoms with E-state index in [1.165, 1.54) is 22.9 Å². The van der Waals surface area contributed by atoms with E-state index in [1.54, 1.807) is 13.0 Å². The second-order valence-electron chi connectivity index (χ2n) is 5.53. The number of methoxy groups -OCH3 is 1. The van der Waals surface area contributed by atoms with E-state index in [1.807, 2.05) is 0 Å². The van der Waals surface area contributed by atoms with Crippen LogP contribution in [0.1, 0.15) is 17.4 Å². The summed E-state index contributed by atoms with van der Waals surface area (Å²) in [7, 11) is 0.903. The molecule has 0 aliphatic heterocycles. The second kappa shape index (κ2) is 8.21.